The molecule has 0 amide bonds. The lowest BCUT2D eigenvalue weighted by Crippen LogP contribution is -2.29. The maximum Gasteiger partial charge on any atom is 0.573 e. The summed E-state index contributed by atoms with van der Waals surface area (Å²) in [5.41, 5.74) is -0.600. The van der Waals surface area contributed by atoms with Crippen molar-refractivity contribution < 1.29 is 23.0 Å². The molecule has 1 aromatic carbocycles. The molecule has 1 heterocycles. The minimum Gasteiger partial charge on any atom is -0.406 e. The molecule has 118 valence electrons. The number of nitrogens with zero attached hydrogens (tertiary/aromatic N) is 1. The normalized spacial score (nSPS) is 24.6. The summed E-state index contributed by atoms with van der Waals surface area (Å²) in [5.74, 6) is -0.287. The van der Waals surface area contributed by atoms with E-state index >= 15 is 0 Å². The number of ether oxygens (including phenoxy) is 1. The van der Waals surface area contributed by atoms with Crippen LogP contribution in [0.15, 0.2) is 24.3 Å². The van der Waals surface area contributed by atoms with E-state index in [1.807, 2.05) is 0 Å². The molecule has 0 aliphatic carbocycles. The van der Waals surface area contributed by atoms with Crippen molar-refractivity contribution in [1.29, 1.82) is 0 Å². The predicted octanol–water partition coefficient (Wildman–Crippen LogP) is 3.28. The Kier molecular flexibility index (Phi) is 4.78. The highest BCUT2D eigenvalue weighted by Crippen LogP contribution is 2.35. The maximum absolute atomic E-state index is 12.3. The zero-order valence-corrected chi connectivity index (χ0v) is 12.0. The van der Waals surface area contributed by atoms with E-state index in [9.17, 15) is 18.3 Å². The van der Waals surface area contributed by atoms with E-state index in [1.165, 1.54) is 18.2 Å². The molecule has 6 heteroatoms. The highest BCUT2D eigenvalue weighted by molar-refractivity contribution is 5.32. The van der Waals surface area contributed by atoms with E-state index in [-0.39, 0.29) is 5.75 Å². The Balaban J connectivity index is 2.18. The fourth-order valence-corrected chi connectivity index (χ4v) is 2.76. The van der Waals surface area contributed by atoms with Gasteiger partial charge in [0, 0.05) is 6.54 Å². The van der Waals surface area contributed by atoms with Crippen molar-refractivity contribution in [1.82, 2.24) is 4.90 Å². The number of alkyl halides is 3. The van der Waals surface area contributed by atoms with Crippen molar-refractivity contribution >= 4 is 0 Å². The summed E-state index contributed by atoms with van der Waals surface area (Å²) >= 11 is 0. The van der Waals surface area contributed by atoms with Crippen LogP contribution in [-0.4, -0.2) is 36.0 Å². The third-order valence-electron chi connectivity index (χ3n) is 3.96. The Labute approximate surface area is 122 Å². The van der Waals surface area contributed by atoms with Crippen LogP contribution in [0.5, 0.6) is 5.75 Å². The molecule has 1 saturated heterocycles. The molecule has 1 fully saturated rings. The first kappa shape index (κ1) is 16.1. The van der Waals surface area contributed by atoms with Gasteiger partial charge in [-0.15, -0.1) is 13.2 Å². The van der Waals surface area contributed by atoms with Gasteiger partial charge in [-0.1, -0.05) is 19.1 Å². The number of hydrogen-bond donors (Lipinski definition) is 1. The lowest BCUT2D eigenvalue weighted by atomic mass is 9.87. The van der Waals surface area contributed by atoms with Crippen LogP contribution >= 0.6 is 0 Å². The Morgan fingerprint density at radius 2 is 2.05 bits per heavy atom. The molecule has 0 aromatic heterocycles. The maximum atomic E-state index is 12.3. The molecular formula is C15H20F3NO2. The Hall–Kier alpha value is -1.27. The van der Waals surface area contributed by atoms with Gasteiger partial charge in [0.2, 0.25) is 0 Å². The second kappa shape index (κ2) is 6.23. The molecule has 1 N–H and O–H groups in total. The van der Waals surface area contributed by atoms with Crippen molar-refractivity contribution in [2.45, 2.75) is 38.1 Å². The fraction of sp³-hybridized carbons (Fsp3) is 0.600. The molecule has 0 radical (unpaired) electrons. The van der Waals surface area contributed by atoms with E-state index < -0.39 is 12.0 Å². The molecule has 3 nitrogen and oxygen atoms in total. The Morgan fingerprint density at radius 3 is 2.71 bits per heavy atom. The van der Waals surface area contributed by atoms with Gasteiger partial charge in [0.05, 0.1) is 5.60 Å². The van der Waals surface area contributed by atoms with Crippen molar-refractivity contribution in [3.63, 3.8) is 0 Å². The third-order valence-corrected chi connectivity index (χ3v) is 3.96. The summed E-state index contributed by atoms with van der Waals surface area (Å²) in [6.45, 7) is 4.60. The second-order valence-corrected chi connectivity index (χ2v) is 5.40. The van der Waals surface area contributed by atoms with Gasteiger partial charge in [-0.25, -0.2) is 0 Å². The predicted molar refractivity (Wildman–Crippen MR) is 73.0 cm³/mol. The standard InChI is InChI=1S/C15H20F3NO2/c1-2-19-9-4-7-14(20,8-10-19)12-5-3-6-13(11-12)21-15(16,17)18/h3,5-6,11,20H,2,4,7-10H2,1H3. The number of hydrogen-bond acceptors (Lipinski definition) is 3. The number of aliphatic hydroxyl groups is 1. The van der Waals surface area contributed by atoms with Gasteiger partial charge >= 0.3 is 6.36 Å². The molecule has 1 unspecified atom stereocenters. The average molecular weight is 303 g/mol. The highest BCUT2D eigenvalue weighted by atomic mass is 19.4. The zero-order valence-electron chi connectivity index (χ0n) is 12.0. The summed E-state index contributed by atoms with van der Waals surface area (Å²) in [5, 5.41) is 10.8. The molecular weight excluding hydrogens is 283 g/mol. The first-order valence-electron chi connectivity index (χ1n) is 7.13. The van der Waals surface area contributed by atoms with Gasteiger partial charge in [0.25, 0.3) is 0 Å². The zero-order chi connectivity index (χ0) is 15.5. The van der Waals surface area contributed by atoms with E-state index in [1.54, 1.807) is 6.07 Å². The molecule has 2 rings (SSSR count). The smallest absolute Gasteiger partial charge is 0.406 e. The Bertz CT molecular complexity index is 478. The van der Waals surface area contributed by atoms with E-state index in [0.717, 1.165) is 26.1 Å². The molecule has 0 bridgehead atoms. The molecule has 21 heavy (non-hydrogen) atoms. The van der Waals surface area contributed by atoms with Gasteiger partial charge < -0.3 is 14.7 Å². The molecule has 1 aliphatic heterocycles. The number of benzene rings is 1. The summed E-state index contributed by atoms with van der Waals surface area (Å²) in [4.78, 5) is 2.23. The van der Waals surface area contributed by atoms with Gasteiger partial charge in [0.15, 0.2) is 0 Å². The van der Waals surface area contributed by atoms with Crippen molar-refractivity contribution in [2.75, 3.05) is 19.6 Å². The average Bonchev–Trinajstić information content (AvgIpc) is 2.60. The quantitative estimate of drug-likeness (QED) is 0.930. The lowest BCUT2D eigenvalue weighted by molar-refractivity contribution is -0.274. The minimum absolute atomic E-state index is 0.287. The highest BCUT2D eigenvalue weighted by Gasteiger charge is 2.34. The third kappa shape index (κ3) is 4.35. The molecule has 0 saturated carbocycles. The molecule has 1 aliphatic rings. The topological polar surface area (TPSA) is 32.7 Å². The first-order valence-corrected chi connectivity index (χ1v) is 7.13. The molecule has 1 atom stereocenters. The van der Waals surface area contributed by atoms with Crippen LogP contribution in [-0.2, 0) is 5.60 Å². The Morgan fingerprint density at radius 1 is 1.29 bits per heavy atom. The lowest BCUT2D eigenvalue weighted by Gasteiger charge is -2.28. The number of rotatable bonds is 3. The van der Waals surface area contributed by atoms with Gasteiger partial charge in [-0.05, 0) is 50.0 Å². The van der Waals surface area contributed by atoms with Crippen LogP contribution in [0.3, 0.4) is 0 Å². The van der Waals surface area contributed by atoms with Crippen LogP contribution in [0.2, 0.25) is 0 Å². The summed E-state index contributed by atoms with van der Waals surface area (Å²) in [6.07, 6.45) is -2.85. The number of halogens is 3. The molecule has 1 aromatic rings. The largest absolute Gasteiger partial charge is 0.573 e. The fourth-order valence-electron chi connectivity index (χ4n) is 2.76. The van der Waals surface area contributed by atoms with Gasteiger partial charge in [0.1, 0.15) is 5.75 Å². The summed E-state index contributed by atoms with van der Waals surface area (Å²) in [6, 6.07) is 5.67. The SMILES string of the molecule is CCN1CCCC(O)(c2cccc(OC(F)(F)F)c2)CC1. The van der Waals surface area contributed by atoms with Gasteiger partial charge in [-0.3, -0.25) is 0 Å². The van der Waals surface area contributed by atoms with E-state index in [4.69, 9.17) is 0 Å². The van der Waals surface area contributed by atoms with Crippen molar-refractivity contribution in [2.24, 2.45) is 0 Å². The van der Waals surface area contributed by atoms with Crippen LogP contribution in [0, 0.1) is 0 Å². The monoisotopic (exact) mass is 303 g/mol. The van der Waals surface area contributed by atoms with Crippen LogP contribution in [0.25, 0.3) is 0 Å². The first-order chi connectivity index (χ1) is 9.82. The van der Waals surface area contributed by atoms with Crippen molar-refractivity contribution in [3.8, 4) is 5.75 Å². The van der Waals surface area contributed by atoms with E-state index in [2.05, 4.69) is 16.6 Å². The van der Waals surface area contributed by atoms with Gasteiger partial charge in [-0.2, -0.15) is 0 Å². The summed E-state index contributed by atoms with van der Waals surface area (Å²) in [7, 11) is 0. The minimum atomic E-state index is -4.72. The van der Waals surface area contributed by atoms with Crippen LogP contribution in [0.4, 0.5) is 13.2 Å². The molecule has 0 spiro atoms. The van der Waals surface area contributed by atoms with Crippen molar-refractivity contribution in [3.05, 3.63) is 29.8 Å². The van der Waals surface area contributed by atoms with E-state index in [0.29, 0.717) is 18.4 Å². The second-order valence-electron chi connectivity index (χ2n) is 5.40. The van der Waals surface area contributed by atoms with Crippen LogP contribution < -0.4 is 4.74 Å². The number of likely N-dealkylation sites (tertiary alicyclic amines) is 1. The van der Waals surface area contributed by atoms with Crippen LogP contribution in [0.1, 0.15) is 31.7 Å². The summed E-state index contributed by atoms with van der Waals surface area (Å²) < 4.78 is 40.8.